The van der Waals surface area contributed by atoms with E-state index >= 15 is 0 Å². The molecular weight excluding hydrogens is 144 g/mol. The van der Waals surface area contributed by atoms with E-state index in [-0.39, 0.29) is 5.92 Å². The molecule has 0 spiro atoms. The van der Waals surface area contributed by atoms with Gasteiger partial charge in [-0.2, -0.15) is 0 Å². The van der Waals surface area contributed by atoms with Crippen molar-refractivity contribution in [2.75, 3.05) is 0 Å². The molecule has 0 saturated heterocycles. The zero-order valence-corrected chi connectivity index (χ0v) is 7.63. The summed E-state index contributed by atoms with van der Waals surface area (Å²) in [6, 6.07) is 0. The van der Waals surface area contributed by atoms with Crippen molar-refractivity contribution in [3.63, 3.8) is 0 Å². The third kappa shape index (κ3) is 2.15. The molecule has 3 heteroatoms. The highest BCUT2D eigenvalue weighted by molar-refractivity contribution is 4.80. The molecule has 0 amide bonds. The van der Waals surface area contributed by atoms with Crippen molar-refractivity contribution in [1.82, 2.24) is 0 Å². The Morgan fingerprint density at radius 1 is 1.18 bits per heavy atom. The second-order valence-corrected chi connectivity index (χ2v) is 3.67. The predicted molar refractivity (Wildman–Crippen MR) is 42.6 cm³/mol. The summed E-state index contributed by atoms with van der Waals surface area (Å²) in [5.74, 6) is -2.52. The largest absolute Gasteiger partial charge is 0.343 e. The van der Waals surface area contributed by atoms with Gasteiger partial charge >= 0.3 is 0 Å². The second-order valence-electron chi connectivity index (χ2n) is 3.67. The molecular formula is C8H18O3. The van der Waals surface area contributed by atoms with Crippen LogP contribution in [0.3, 0.4) is 0 Å². The fourth-order valence-electron chi connectivity index (χ4n) is 0.841. The van der Waals surface area contributed by atoms with E-state index in [0.29, 0.717) is 0 Å². The fraction of sp³-hybridized carbons (Fsp3) is 1.00. The van der Waals surface area contributed by atoms with Gasteiger partial charge in [0.25, 0.3) is 5.97 Å². The standard InChI is InChI=1S/C8H18O3/c1-5-6(2)7(3,4)8(9,10)11/h6,9-11H,5H2,1-4H3. The highest BCUT2D eigenvalue weighted by Gasteiger charge is 2.43. The zero-order valence-electron chi connectivity index (χ0n) is 7.63. The smallest absolute Gasteiger partial charge is 0.280 e. The average Bonchev–Trinajstić information content (AvgIpc) is 1.83. The topological polar surface area (TPSA) is 60.7 Å². The Labute approximate surface area is 67.7 Å². The molecule has 0 rings (SSSR count). The summed E-state index contributed by atoms with van der Waals surface area (Å²) in [5, 5.41) is 26.9. The lowest BCUT2D eigenvalue weighted by Gasteiger charge is -2.38. The van der Waals surface area contributed by atoms with Crippen LogP contribution in [-0.2, 0) is 0 Å². The van der Waals surface area contributed by atoms with E-state index < -0.39 is 11.4 Å². The van der Waals surface area contributed by atoms with E-state index in [1.165, 1.54) is 0 Å². The maximum Gasteiger partial charge on any atom is 0.280 e. The fourth-order valence-corrected chi connectivity index (χ4v) is 0.841. The summed E-state index contributed by atoms with van der Waals surface area (Å²) in [4.78, 5) is 0. The summed E-state index contributed by atoms with van der Waals surface area (Å²) in [7, 11) is 0. The summed E-state index contributed by atoms with van der Waals surface area (Å²) >= 11 is 0. The van der Waals surface area contributed by atoms with E-state index in [2.05, 4.69) is 0 Å². The van der Waals surface area contributed by atoms with Gasteiger partial charge in [0.15, 0.2) is 0 Å². The average molecular weight is 162 g/mol. The van der Waals surface area contributed by atoms with Gasteiger partial charge < -0.3 is 15.3 Å². The molecule has 0 bridgehead atoms. The molecule has 1 atom stereocenters. The van der Waals surface area contributed by atoms with E-state index in [9.17, 15) is 0 Å². The SMILES string of the molecule is CCC(C)C(C)(C)C(O)(O)O. The van der Waals surface area contributed by atoms with Crippen molar-refractivity contribution < 1.29 is 15.3 Å². The molecule has 0 heterocycles. The van der Waals surface area contributed by atoms with Gasteiger partial charge in [-0.15, -0.1) is 0 Å². The van der Waals surface area contributed by atoms with Gasteiger partial charge in [0.2, 0.25) is 0 Å². The van der Waals surface area contributed by atoms with Crippen molar-refractivity contribution in [2.45, 2.75) is 40.1 Å². The van der Waals surface area contributed by atoms with Crippen LogP contribution in [0.5, 0.6) is 0 Å². The minimum atomic E-state index is -2.58. The van der Waals surface area contributed by atoms with Crippen LogP contribution < -0.4 is 0 Å². The molecule has 68 valence electrons. The Morgan fingerprint density at radius 2 is 1.55 bits per heavy atom. The molecule has 0 aliphatic carbocycles. The quantitative estimate of drug-likeness (QED) is 0.535. The van der Waals surface area contributed by atoms with Crippen LogP contribution in [0, 0.1) is 11.3 Å². The maximum atomic E-state index is 8.96. The first kappa shape index (κ1) is 10.9. The first-order valence-corrected chi connectivity index (χ1v) is 3.90. The monoisotopic (exact) mass is 162 g/mol. The lowest BCUT2D eigenvalue weighted by Crippen LogP contribution is -2.48. The molecule has 3 nitrogen and oxygen atoms in total. The van der Waals surface area contributed by atoms with Gasteiger partial charge in [0.05, 0.1) is 0 Å². The van der Waals surface area contributed by atoms with E-state index in [4.69, 9.17) is 15.3 Å². The van der Waals surface area contributed by atoms with Crippen LogP contribution >= 0.6 is 0 Å². The van der Waals surface area contributed by atoms with Crippen LogP contribution in [0.15, 0.2) is 0 Å². The molecule has 0 aliphatic heterocycles. The molecule has 0 aromatic carbocycles. The van der Waals surface area contributed by atoms with Gasteiger partial charge in [0, 0.05) is 5.41 Å². The van der Waals surface area contributed by atoms with Crippen LogP contribution in [0.25, 0.3) is 0 Å². The van der Waals surface area contributed by atoms with Crippen LogP contribution in [0.4, 0.5) is 0 Å². The van der Waals surface area contributed by atoms with Gasteiger partial charge in [-0.05, 0) is 5.92 Å². The third-order valence-corrected chi connectivity index (χ3v) is 2.71. The molecule has 0 aromatic rings. The zero-order chi connectivity index (χ0) is 9.28. The maximum absolute atomic E-state index is 8.96. The molecule has 11 heavy (non-hydrogen) atoms. The lowest BCUT2D eigenvalue weighted by atomic mass is 9.76. The number of aliphatic hydroxyl groups is 3. The number of hydrogen-bond acceptors (Lipinski definition) is 3. The highest BCUT2D eigenvalue weighted by Crippen LogP contribution is 2.36. The Morgan fingerprint density at radius 3 is 1.64 bits per heavy atom. The Balaban J connectivity index is 4.45. The predicted octanol–water partition coefficient (Wildman–Crippen LogP) is 0.689. The normalized spacial score (nSPS) is 16.6. The molecule has 0 aromatic heterocycles. The van der Waals surface area contributed by atoms with Gasteiger partial charge in [-0.1, -0.05) is 34.1 Å². The molecule has 0 radical (unpaired) electrons. The van der Waals surface area contributed by atoms with Crippen LogP contribution in [0.1, 0.15) is 34.1 Å². The van der Waals surface area contributed by atoms with Crippen molar-refractivity contribution in [2.24, 2.45) is 11.3 Å². The number of hydrogen-bond donors (Lipinski definition) is 3. The third-order valence-electron chi connectivity index (χ3n) is 2.71. The summed E-state index contributed by atoms with van der Waals surface area (Å²) in [5.41, 5.74) is -0.887. The molecule has 3 N–H and O–H groups in total. The first-order valence-electron chi connectivity index (χ1n) is 3.90. The summed E-state index contributed by atoms with van der Waals surface area (Å²) < 4.78 is 0. The minimum absolute atomic E-state index is 0.0579. The summed E-state index contributed by atoms with van der Waals surface area (Å²) in [6.07, 6.45) is 0.802. The molecule has 0 aliphatic rings. The summed E-state index contributed by atoms with van der Waals surface area (Å²) in [6.45, 7) is 7.07. The second kappa shape index (κ2) is 3.09. The van der Waals surface area contributed by atoms with Gasteiger partial charge in [0.1, 0.15) is 0 Å². The number of rotatable bonds is 3. The van der Waals surface area contributed by atoms with Crippen LogP contribution in [-0.4, -0.2) is 21.3 Å². The van der Waals surface area contributed by atoms with E-state index in [1.807, 2.05) is 13.8 Å². The molecule has 0 saturated carbocycles. The van der Waals surface area contributed by atoms with Crippen molar-refractivity contribution in [1.29, 1.82) is 0 Å². The lowest BCUT2D eigenvalue weighted by molar-refractivity contribution is -0.376. The molecule has 1 unspecified atom stereocenters. The van der Waals surface area contributed by atoms with E-state index in [1.54, 1.807) is 13.8 Å². The van der Waals surface area contributed by atoms with E-state index in [0.717, 1.165) is 6.42 Å². The van der Waals surface area contributed by atoms with Crippen LogP contribution in [0.2, 0.25) is 0 Å². The van der Waals surface area contributed by atoms with Gasteiger partial charge in [-0.25, -0.2) is 0 Å². The first-order chi connectivity index (χ1) is 4.73. The Bertz CT molecular complexity index is 124. The highest BCUT2D eigenvalue weighted by atomic mass is 16.7. The van der Waals surface area contributed by atoms with Crippen molar-refractivity contribution in [3.8, 4) is 0 Å². The molecule has 0 fully saturated rings. The van der Waals surface area contributed by atoms with Crippen molar-refractivity contribution >= 4 is 0 Å². The minimum Gasteiger partial charge on any atom is -0.343 e. The van der Waals surface area contributed by atoms with Gasteiger partial charge in [-0.3, -0.25) is 0 Å². The van der Waals surface area contributed by atoms with Crippen molar-refractivity contribution in [3.05, 3.63) is 0 Å². The Hall–Kier alpha value is -0.120. The Kier molecular flexibility index (Phi) is 3.06.